The van der Waals surface area contributed by atoms with Gasteiger partial charge in [0.05, 0.1) is 5.69 Å². The normalized spacial score (nSPS) is 10.0. The lowest BCUT2D eigenvalue weighted by molar-refractivity contribution is -0.121. The second-order valence-electron chi connectivity index (χ2n) is 3.45. The van der Waals surface area contributed by atoms with Crippen LogP contribution in [0.1, 0.15) is 11.4 Å². The third-order valence-electron chi connectivity index (χ3n) is 2.47. The van der Waals surface area contributed by atoms with Crippen LogP contribution in [0.4, 0.5) is 5.82 Å². The Labute approximate surface area is 93.7 Å². The molecule has 0 saturated heterocycles. The molecule has 0 spiro atoms. The highest BCUT2D eigenvalue weighted by Gasteiger charge is 2.12. The number of aromatic nitrogens is 2. The van der Waals surface area contributed by atoms with E-state index in [-0.39, 0.29) is 23.8 Å². The van der Waals surface area contributed by atoms with E-state index < -0.39 is 0 Å². The van der Waals surface area contributed by atoms with E-state index in [1.807, 2.05) is 0 Å². The van der Waals surface area contributed by atoms with Crippen molar-refractivity contribution in [1.82, 2.24) is 14.9 Å². The number of rotatable bonds is 3. The summed E-state index contributed by atoms with van der Waals surface area (Å²) in [6.07, 6.45) is 0. The molecule has 0 unspecified atom stereocenters. The van der Waals surface area contributed by atoms with Crippen LogP contribution >= 0.6 is 0 Å². The van der Waals surface area contributed by atoms with Crippen molar-refractivity contribution in [2.45, 2.75) is 20.4 Å². The van der Waals surface area contributed by atoms with Crippen molar-refractivity contribution in [1.29, 1.82) is 0 Å². The summed E-state index contributed by atoms with van der Waals surface area (Å²) in [6.45, 7) is 3.58. The van der Waals surface area contributed by atoms with Gasteiger partial charge in [0.15, 0.2) is 5.82 Å². The maximum absolute atomic E-state index is 11.9. The predicted octanol–water partition coefficient (Wildman–Crippen LogP) is -0.352. The van der Waals surface area contributed by atoms with E-state index in [0.717, 1.165) is 5.69 Å². The second-order valence-corrected chi connectivity index (χ2v) is 3.45. The van der Waals surface area contributed by atoms with E-state index in [1.54, 1.807) is 20.9 Å². The van der Waals surface area contributed by atoms with Gasteiger partial charge in [-0.15, -0.1) is 0 Å². The van der Waals surface area contributed by atoms with Crippen molar-refractivity contribution in [2.24, 2.45) is 0 Å². The summed E-state index contributed by atoms with van der Waals surface area (Å²) in [5.41, 5.74) is 1.15. The molecule has 1 aromatic rings. The van der Waals surface area contributed by atoms with E-state index in [1.165, 1.54) is 11.6 Å². The number of amides is 1. The van der Waals surface area contributed by atoms with E-state index in [9.17, 15) is 9.59 Å². The molecule has 0 atom stereocenters. The number of hydrogen-bond donors (Lipinski definition) is 2. The third kappa shape index (κ3) is 2.21. The van der Waals surface area contributed by atoms with Gasteiger partial charge in [-0.05, 0) is 13.8 Å². The van der Waals surface area contributed by atoms with Crippen LogP contribution in [-0.4, -0.2) is 29.6 Å². The minimum absolute atomic E-state index is 0.0131. The quantitative estimate of drug-likeness (QED) is 0.735. The molecule has 0 bridgehead atoms. The summed E-state index contributed by atoms with van der Waals surface area (Å²) in [5.74, 6) is 0.0462. The van der Waals surface area contributed by atoms with Gasteiger partial charge in [0.2, 0.25) is 5.91 Å². The molecule has 0 saturated carbocycles. The Kier molecular flexibility index (Phi) is 3.65. The minimum Gasteiger partial charge on any atom is -0.369 e. The zero-order valence-electron chi connectivity index (χ0n) is 9.92. The summed E-state index contributed by atoms with van der Waals surface area (Å²) in [6, 6.07) is 0. The number of carbonyl (C=O) groups is 1. The van der Waals surface area contributed by atoms with Gasteiger partial charge >= 0.3 is 0 Å². The molecular weight excluding hydrogens is 208 g/mol. The Bertz CT molecular complexity index is 465. The fourth-order valence-corrected chi connectivity index (χ4v) is 1.35. The number of hydrogen-bond acceptors (Lipinski definition) is 4. The lowest BCUT2D eigenvalue weighted by Gasteiger charge is -2.12. The van der Waals surface area contributed by atoms with Gasteiger partial charge in [-0.1, -0.05) is 0 Å². The molecule has 0 fully saturated rings. The lowest BCUT2D eigenvalue weighted by Crippen LogP contribution is -2.33. The number of anilines is 1. The second kappa shape index (κ2) is 4.78. The monoisotopic (exact) mass is 224 g/mol. The smallest absolute Gasteiger partial charge is 0.293 e. The Morgan fingerprint density at radius 1 is 1.38 bits per heavy atom. The van der Waals surface area contributed by atoms with Crippen LogP contribution in [-0.2, 0) is 11.3 Å². The SMILES string of the molecule is CNC(=O)Cn1c(C)c(C)nc(NC)c1=O. The molecule has 0 aliphatic rings. The molecular formula is C10H16N4O2. The summed E-state index contributed by atoms with van der Waals surface area (Å²) < 4.78 is 1.41. The first kappa shape index (κ1) is 12.2. The molecule has 0 aliphatic carbocycles. The van der Waals surface area contributed by atoms with Crippen molar-refractivity contribution >= 4 is 11.7 Å². The van der Waals surface area contributed by atoms with Crippen molar-refractivity contribution in [2.75, 3.05) is 19.4 Å². The topological polar surface area (TPSA) is 76.0 Å². The summed E-state index contributed by atoms with van der Waals surface area (Å²) in [5, 5.41) is 5.20. The van der Waals surface area contributed by atoms with E-state index >= 15 is 0 Å². The van der Waals surface area contributed by atoms with E-state index in [4.69, 9.17) is 0 Å². The van der Waals surface area contributed by atoms with Gasteiger partial charge in [-0.25, -0.2) is 4.98 Å². The molecule has 0 aliphatic heterocycles. The molecule has 0 radical (unpaired) electrons. The maximum Gasteiger partial charge on any atom is 0.293 e. The van der Waals surface area contributed by atoms with Crippen LogP contribution in [0.2, 0.25) is 0 Å². The van der Waals surface area contributed by atoms with Gasteiger partial charge in [0.1, 0.15) is 6.54 Å². The molecule has 88 valence electrons. The number of likely N-dealkylation sites (N-methyl/N-ethyl adjacent to an activating group) is 1. The van der Waals surface area contributed by atoms with Crippen LogP contribution in [0.3, 0.4) is 0 Å². The van der Waals surface area contributed by atoms with Gasteiger partial charge < -0.3 is 10.6 Å². The standard InChI is InChI=1S/C10H16N4O2/c1-6-7(2)14(5-8(15)11-3)10(16)9(12-4)13-6/h5H2,1-4H3,(H,11,15)(H,12,13). The van der Waals surface area contributed by atoms with Crippen molar-refractivity contribution in [3.8, 4) is 0 Å². The first-order valence-corrected chi connectivity index (χ1v) is 4.97. The van der Waals surface area contributed by atoms with Gasteiger partial charge in [-0.2, -0.15) is 0 Å². The minimum atomic E-state index is -0.283. The largest absolute Gasteiger partial charge is 0.369 e. The molecule has 1 aromatic heterocycles. The summed E-state index contributed by atoms with van der Waals surface area (Å²) in [7, 11) is 3.17. The average Bonchev–Trinajstić information content (AvgIpc) is 2.28. The summed E-state index contributed by atoms with van der Waals surface area (Å²) >= 11 is 0. The Balaban J connectivity index is 3.30. The molecule has 1 amide bonds. The highest BCUT2D eigenvalue weighted by molar-refractivity contribution is 5.75. The van der Waals surface area contributed by atoms with Crippen LogP contribution in [0.5, 0.6) is 0 Å². The van der Waals surface area contributed by atoms with Gasteiger partial charge in [0, 0.05) is 19.8 Å². The van der Waals surface area contributed by atoms with E-state index in [0.29, 0.717) is 5.69 Å². The van der Waals surface area contributed by atoms with E-state index in [2.05, 4.69) is 15.6 Å². The highest BCUT2D eigenvalue weighted by atomic mass is 16.2. The average molecular weight is 224 g/mol. The number of aryl methyl sites for hydroxylation is 1. The molecule has 6 heteroatoms. The lowest BCUT2D eigenvalue weighted by atomic mass is 10.3. The van der Waals surface area contributed by atoms with Crippen LogP contribution < -0.4 is 16.2 Å². The molecule has 1 rings (SSSR count). The van der Waals surface area contributed by atoms with Crippen LogP contribution in [0, 0.1) is 13.8 Å². The molecule has 16 heavy (non-hydrogen) atoms. The van der Waals surface area contributed by atoms with Crippen molar-refractivity contribution in [3.63, 3.8) is 0 Å². The maximum atomic E-state index is 11.9. The van der Waals surface area contributed by atoms with Gasteiger partial charge in [-0.3, -0.25) is 14.2 Å². The third-order valence-corrected chi connectivity index (χ3v) is 2.47. The van der Waals surface area contributed by atoms with Crippen LogP contribution in [0.15, 0.2) is 4.79 Å². The van der Waals surface area contributed by atoms with Gasteiger partial charge in [0.25, 0.3) is 5.56 Å². The first-order chi connectivity index (χ1) is 7.51. The Morgan fingerprint density at radius 3 is 2.50 bits per heavy atom. The highest BCUT2D eigenvalue weighted by Crippen LogP contribution is 2.04. The Morgan fingerprint density at radius 2 is 2.00 bits per heavy atom. The van der Waals surface area contributed by atoms with Crippen molar-refractivity contribution < 1.29 is 4.79 Å². The summed E-state index contributed by atoms with van der Waals surface area (Å²) in [4.78, 5) is 27.3. The fraction of sp³-hybridized carbons (Fsp3) is 0.500. The zero-order valence-corrected chi connectivity index (χ0v) is 9.92. The molecule has 0 aromatic carbocycles. The number of nitrogens with zero attached hydrogens (tertiary/aromatic N) is 2. The Hall–Kier alpha value is -1.85. The molecule has 2 N–H and O–H groups in total. The fourth-order valence-electron chi connectivity index (χ4n) is 1.35. The molecule has 6 nitrogen and oxygen atoms in total. The number of nitrogens with one attached hydrogen (secondary N) is 2. The predicted molar refractivity (Wildman–Crippen MR) is 61.6 cm³/mol. The number of carbonyl (C=O) groups excluding carboxylic acids is 1. The zero-order chi connectivity index (χ0) is 12.3. The molecule has 1 heterocycles. The van der Waals surface area contributed by atoms with Crippen LogP contribution in [0.25, 0.3) is 0 Å². The van der Waals surface area contributed by atoms with Crippen molar-refractivity contribution in [3.05, 3.63) is 21.7 Å². The first-order valence-electron chi connectivity index (χ1n) is 4.97.